The first-order valence-corrected chi connectivity index (χ1v) is 15.7. The first-order valence-electron chi connectivity index (χ1n) is 15.7. The molecule has 52 heavy (non-hydrogen) atoms. The van der Waals surface area contributed by atoms with Crippen LogP contribution in [0.2, 0.25) is 0 Å². The number of carbonyl (C=O) groups excluding carboxylic acids is 3. The molecule has 0 aromatic heterocycles. The number of carbonyl (C=O) groups is 3. The lowest BCUT2D eigenvalue weighted by Crippen LogP contribution is -2.62. The molecule has 9 N–H and O–H groups in total. The molecular formula is C35H38O17. The lowest BCUT2D eigenvalue weighted by molar-refractivity contribution is -0.305. The number of aliphatic hydroxyl groups excluding tert-OH is 3. The summed E-state index contributed by atoms with van der Waals surface area (Å²) in [6.45, 7) is -2.07. The van der Waals surface area contributed by atoms with Crippen LogP contribution in [0.3, 0.4) is 0 Å². The van der Waals surface area contributed by atoms with E-state index in [-0.39, 0.29) is 28.7 Å². The molecule has 3 aromatic rings. The Bertz CT molecular complexity index is 1750. The zero-order chi connectivity index (χ0) is 37.9. The van der Waals surface area contributed by atoms with Crippen molar-refractivity contribution in [3.63, 3.8) is 0 Å². The number of rotatable bonds is 15. The Kier molecular flexibility index (Phi) is 13.6. The second-order valence-corrected chi connectivity index (χ2v) is 11.6. The first kappa shape index (κ1) is 39.2. The van der Waals surface area contributed by atoms with Gasteiger partial charge in [-0.05, 0) is 58.7 Å². The van der Waals surface area contributed by atoms with E-state index in [1.165, 1.54) is 30.3 Å². The van der Waals surface area contributed by atoms with Crippen LogP contribution in [0.5, 0.6) is 34.5 Å². The predicted octanol–water partition coefficient (Wildman–Crippen LogP) is 0.328. The normalized spacial score (nSPS) is 20.2. The van der Waals surface area contributed by atoms with Gasteiger partial charge in [-0.2, -0.15) is 0 Å². The molecule has 17 heteroatoms. The number of esters is 3. The zero-order valence-corrected chi connectivity index (χ0v) is 27.4. The number of ether oxygens (including phenoxy) is 5. The summed E-state index contributed by atoms with van der Waals surface area (Å²) >= 11 is 0. The fourth-order valence-electron chi connectivity index (χ4n) is 5.07. The largest absolute Gasteiger partial charge is 0.504 e. The van der Waals surface area contributed by atoms with E-state index in [4.69, 9.17) is 23.7 Å². The van der Waals surface area contributed by atoms with Gasteiger partial charge >= 0.3 is 17.9 Å². The Labute approximate surface area is 295 Å². The minimum atomic E-state index is -1.91. The molecule has 0 saturated carbocycles. The van der Waals surface area contributed by atoms with Gasteiger partial charge in [0.05, 0.1) is 39.1 Å². The smallest absolute Gasteiger partial charge is 0.310 e. The van der Waals surface area contributed by atoms with Crippen LogP contribution in [0.15, 0.2) is 66.2 Å². The van der Waals surface area contributed by atoms with Crippen molar-refractivity contribution in [3.8, 4) is 34.5 Å². The van der Waals surface area contributed by atoms with E-state index in [0.29, 0.717) is 0 Å². The molecule has 5 unspecified atom stereocenters. The third-order valence-electron chi connectivity index (χ3n) is 7.74. The van der Waals surface area contributed by atoms with E-state index in [2.05, 4.69) is 0 Å². The van der Waals surface area contributed by atoms with Crippen LogP contribution < -0.4 is 0 Å². The average molecular weight is 731 g/mol. The molecular weight excluding hydrogens is 692 g/mol. The Morgan fingerprint density at radius 1 is 0.654 bits per heavy atom. The van der Waals surface area contributed by atoms with Gasteiger partial charge in [0.15, 0.2) is 53.0 Å². The Morgan fingerprint density at radius 3 is 1.56 bits per heavy atom. The average Bonchev–Trinajstić information content (AvgIpc) is 3.09. The molecule has 0 aliphatic carbocycles. The SMILES string of the molecule is O=C(Cc1ccc(O)c(O)c1)OCC1OC(OCC(=CCO)CO)C(OC(=O)Cc2ccc(O)c(O)c2)C(O)C1OC(=O)Cc1ccc(O)c(O)c1. The molecule has 280 valence electrons. The second-order valence-electron chi connectivity index (χ2n) is 11.6. The van der Waals surface area contributed by atoms with Crippen molar-refractivity contribution in [1.82, 2.24) is 0 Å². The maximum absolute atomic E-state index is 13.1. The summed E-state index contributed by atoms with van der Waals surface area (Å²) in [6, 6.07) is 10.9. The van der Waals surface area contributed by atoms with Crippen LogP contribution in [0.4, 0.5) is 0 Å². The first-order chi connectivity index (χ1) is 24.8. The van der Waals surface area contributed by atoms with E-state index in [1.807, 2.05) is 0 Å². The summed E-state index contributed by atoms with van der Waals surface area (Å²) in [5.74, 6) is -5.58. The minimum Gasteiger partial charge on any atom is -0.504 e. The van der Waals surface area contributed by atoms with Gasteiger partial charge in [0.2, 0.25) is 0 Å². The minimum absolute atomic E-state index is 0.177. The van der Waals surface area contributed by atoms with Crippen molar-refractivity contribution in [2.45, 2.75) is 50.0 Å². The molecule has 1 aliphatic rings. The third-order valence-corrected chi connectivity index (χ3v) is 7.74. The lowest BCUT2D eigenvalue weighted by atomic mass is 9.98. The quantitative estimate of drug-likeness (QED) is 0.0441. The summed E-state index contributed by atoms with van der Waals surface area (Å²) < 4.78 is 28.1. The van der Waals surface area contributed by atoms with E-state index in [0.717, 1.165) is 30.3 Å². The van der Waals surface area contributed by atoms with Gasteiger partial charge in [-0.25, -0.2) is 0 Å². The highest BCUT2D eigenvalue weighted by Gasteiger charge is 2.50. The summed E-state index contributed by atoms with van der Waals surface area (Å²) in [7, 11) is 0. The van der Waals surface area contributed by atoms with E-state index in [1.54, 1.807) is 0 Å². The number of phenolic OH excluding ortho intramolecular Hbond substituents is 6. The van der Waals surface area contributed by atoms with Gasteiger partial charge < -0.3 is 69.6 Å². The van der Waals surface area contributed by atoms with Gasteiger partial charge in [0, 0.05) is 0 Å². The van der Waals surface area contributed by atoms with Crippen molar-refractivity contribution in [3.05, 3.63) is 82.9 Å². The number of benzene rings is 3. The van der Waals surface area contributed by atoms with Crippen molar-refractivity contribution in [2.75, 3.05) is 26.4 Å². The highest BCUT2D eigenvalue weighted by molar-refractivity contribution is 5.74. The summed E-state index contributed by atoms with van der Waals surface area (Å²) in [5.41, 5.74) is 0.868. The molecule has 0 radical (unpaired) electrons. The van der Waals surface area contributed by atoms with Crippen LogP contribution >= 0.6 is 0 Å². The number of aliphatic hydroxyl groups is 3. The van der Waals surface area contributed by atoms with E-state index in [9.17, 15) is 60.3 Å². The molecule has 4 rings (SSSR count). The molecule has 1 saturated heterocycles. The standard InChI is InChI=1S/C35H38O17/c36-8-7-21(15-37)16-49-35-34(52-31(46)14-20-3-6-24(40)27(43)11-20)32(47)33(51-30(45)13-19-2-5-23(39)26(42)10-19)28(50-35)17-48-29(44)12-18-1-4-22(38)25(41)9-18/h1-7,9-11,28,32-43,47H,8,12-17H2. The summed E-state index contributed by atoms with van der Waals surface area (Å²) in [6.07, 6.45) is -8.54. The van der Waals surface area contributed by atoms with Gasteiger partial charge in [-0.15, -0.1) is 0 Å². The van der Waals surface area contributed by atoms with Gasteiger partial charge in [0.25, 0.3) is 0 Å². The number of hydrogen-bond donors (Lipinski definition) is 9. The Hall–Kier alpha value is -5.59. The second kappa shape index (κ2) is 18.1. The molecule has 0 amide bonds. The molecule has 17 nitrogen and oxygen atoms in total. The monoisotopic (exact) mass is 730 g/mol. The van der Waals surface area contributed by atoms with Crippen LogP contribution in [0.25, 0.3) is 0 Å². The maximum Gasteiger partial charge on any atom is 0.310 e. The maximum atomic E-state index is 13.1. The Balaban J connectivity index is 1.59. The lowest BCUT2D eigenvalue weighted by Gasteiger charge is -2.43. The zero-order valence-electron chi connectivity index (χ0n) is 27.4. The molecule has 3 aromatic carbocycles. The predicted molar refractivity (Wildman–Crippen MR) is 174 cm³/mol. The van der Waals surface area contributed by atoms with Crippen LogP contribution in [0.1, 0.15) is 16.7 Å². The van der Waals surface area contributed by atoms with E-state index >= 15 is 0 Å². The topological polar surface area (TPSA) is 279 Å². The van der Waals surface area contributed by atoms with Crippen molar-refractivity contribution < 1.29 is 84.0 Å². The van der Waals surface area contributed by atoms with Gasteiger partial charge in [0.1, 0.15) is 18.8 Å². The fourth-order valence-corrected chi connectivity index (χ4v) is 5.07. The van der Waals surface area contributed by atoms with Crippen LogP contribution in [0, 0.1) is 0 Å². The van der Waals surface area contributed by atoms with Crippen LogP contribution in [-0.2, 0) is 57.3 Å². The molecule has 1 heterocycles. The molecule has 0 spiro atoms. The fraction of sp³-hybridized carbons (Fsp3) is 0.343. The van der Waals surface area contributed by atoms with E-state index < -0.39 is 122 Å². The van der Waals surface area contributed by atoms with Gasteiger partial charge in [-0.1, -0.05) is 24.3 Å². The summed E-state index contributed by atoms with van der Waals surface area (Å²) in [4.78, 5) is 39.0. The number of aromatic hydroxyl groups is 6. The molecule has 1 aliphatic heterocycles. The highest BCUT2D eigenvalue weighted by atomic mass is 16.7. The molecule has 5 atom stereocenters. The number of phenols is 6. The third kappa shape index (κ3) is 10.7. The molecule has 1 fully saturated rings. The van der Waals surface area contributed by atoms with Crippen molar-refractivity contribution in [1.29, 1.82) is 0 Å². The number of hydrogen-bond acceptors (Lipinski definition) is 17. The summed E-state index contributed by atoms with van der Waals surface area (Å²) in [5, 5.41) is 88.7. The Morgan fingerprint density at radius 2 is 1.12 bits per heavy atom. The van der Waals surface area contributed by atoms with Gasteiger partial charge in [-0.3, -0.25) is 14.4 Å². The van der Waals surface area contributed by atoms with Crippen molar-refractivity contribution in [2.24, 2.45) is 0 Å². The molecule has 0 bridgehead atoms. The highest BCUT2D eigenvalue weighted by Crippen LogP contribution is 2.31. The van der Waals surface area contributed by atoms with Crippen LogP contribution in [-0.4, -0.2) is 121 Å². The van der Waals surface area contributed by atoms with Crippen molar-refractivity contribution >= 4 is 17.9 Å².